The normalized spacial score (nSPS) is 10.8. The van der Waals surface area contributed by atoms with Gasteiger partial charge in [0.15, 0.2) is 0 Å². The van der Waals surface area contributed by atoms with Crippen molar-refractivity contribution in [2.24, 2.45) is 0 Å². The van der Waals surface area contributed by atoms with Crippen LogP contribution >= 0.6 is 15.9 Å². The molecule has 1 aromatic carbocycles. The van der Waals surface area contributed by atoms with Crippen LogP contribution in [0.1, 0.15) is 18.4 Å². The Labute approximate surface area is 109 Å². The van der Waals surface area contributed by atoms with Crippen LogP contribution in [0.25, 0.3) is 11.5 Å². The molecule has 5 heteroatoms. The maximum atomic E-state index is 5.60. The second kappa shape index (κ2) is 5.42. The van der Waals surface area contributed by atoms with Crippen molar-refractivity contribution in [3.05, 3.63) is 34.1 Å². The van der Waals surface area contributed by atoms with Crippen molar-refractivity contribution in [3.8, 4) is 11.5 Å². The van der Waals surface area contributed by atoms with Gasteiger partial charge in [-0.2, -0.15) is 0 Å². The minimum absolute atomic E-state index is 0.566. The average Bonchev–Trinajstić information content (AvgIpc) is 2.78. The summed E-state index contributed by atoms with van der Waals surface area (Å²) in [5, 5.41) is 11.2. The molecule has 0 atom stereocenters. The van der Waals surface area contributed by atoms with Gasteiger partial charge in [0.1, 0.15) is 0 Å². The standard InChI is InChI=1S/C12H14BrN3O/c1-3-14-7-11-15-16-12(17-11)10-6-9(13)5-4-8(10)2/h4-6,14H,3,7H2,1-2H3. The third kappa shape index (κ3) is 2.92. The number of rotatable bonds is 4. The maximum Gasteiger partial charge on any atom is 0.248 e. The number of aryl methyl sites for hydroxylation is 1. The highest BCUT2D eigenvalue weighted by atomic mass is 79.9. The van der Waals surface area contributed by atoms with E-state index in [1.54, 1.807) is 0 Å². The summed E-state index contributed by atoms with van der Waals surface area (Å²) in [6.07, 6.45) is 0. The van der Waals surface area contributed by atoms with Crippen LogP contribution in [-0.4, -0.2) is 16.7 Å². The SMILES string of the molecule is CCNCc1nnc(-c2cc(Br)ccc2C)o1. The molecule has 17 heavy (non-hydrogen) atoms. The molecular weight excluding hydrogens is 282 g/mol. The number of hydrogen-bond donors (Lipinski definition) is 1. The molecule has 0 radical (unpaired) electrons. The van der Waals surface area contributed by atoms with Crippen molar-refractivity contribution in [2.75, 3.05) is 6.54 Å². The van der Waals surface area contributed by atoms with E-state index in [-0.39, 0.29) is 0 Å². The molecule has 2 aromatic rings. The highest BCUT2D eigenvalue weighted by Gasteiger charge is 2.10. The van der Waals surface area contributed by atoms with Crippen LogP contribution < -0.4 is 5.32 Å². The van der Waals surface area contributed by atoms with Crippen LogP contribution in [0.4, 0.5) is 0 Å². The Morgan fingerprint density at radius 1 is 1.35 bits per heavy atom. The first-order chi connectivity index (χ1) is 8.20. The molecule has 0 aliphatic carbocycles. The molecule has 0 aliphatic heterocycles. The van der Waals surface area contributed by atoms with E-state index in [1.807, 2.05) is 32.0 Å². The molecular formula is C12H14BrN3O. The third-order valence-electron chi connectivity index (χ3n) is 2.42. The fourth-order valence-electron chi connectivity index (χ4n) is 1.49. The molecule has 0 unspecified atom stereocenters. The number of aromatic nitrogens is 2. The number of nitrogens with zero attached hydrogens (tertiary/aromatic N) is 2. The first kappa shape index (κ1) is 12.3. The van der Waals surface area contributed by atoms with Crippen molar-refractivity contribution >= 4 is 15.9 Å². The zero-order chi connectivity index (χ0) is 12.3. The van der Waals surface area contributed by atoms with Gasteiger partial charge in [-0.3, -0.25) is 0 Å². The van der Waals surface area contributed by atoms with Gasteiger partial charge in [-0.25, -0.2) is 0 Å². The molecule has 1 aromatic heterocycles. The molecule has 1 N–H and O–H groups in total. The van der Waals surface area contributed by atoms with Gasteiger partial charge >= 0.3 is 0 Å². The van der Waals surface area contributed by atoms with Gasteiger partial charge in [0.05, 0.1) is 6.54 Å². The summed E-state index contributed by atoms with van der Waals surface area (Å²) < 4.78 is 6.61. The first-order valence-electron chi connectivity index (χ1n) is 5.50. The second-order valence-corrected chi connectivity index (χ2v) is 4.66. The highest BCUT2D eigenvalue weighted by molar-refractivity contribution is 9.10. The molecule has 1 heterocycles. The number of benzene rings is 1. The van der Waals surface area contributed by atoms with Crippen molar-refractivity contribution in [1.82, 2.24) is 15.5 Å². The average molecular weight is 296 g/mol. The lowest BCUT2D eigenvalue weighted by Crippen LogP contribution is -2.11. The van der Waals surface area contributed by atoms with Crippen molar-refractivity contribution in [1.29, 1.82) is 0 Å². The summed E-state index contributed by atoms with van der Waals surface area (Å²) in [5.41, 5.74) is 2.08. The number of hydrogen-bond acceptors (Lipinski definition) is 4. The summed E-state index contributed by atoms with van der Waals surface area (Å²) in [7, 11) is 0. The van der Waals surface area contributed by atoms with Gasteiger partial charge in [0.2, 0.25) is 11.8 Å². The maximum absolute atomic E-state index is 5.60. The van der Waals surface area contributed by atoms with E-state index in [0.717, 1.165) is 22.1 Å². The largest absolute Gasteiger partial charge is 0.419 e. The molecule has 4 nitrogen and oxygen atoms in total. The van der Waals surface area contributed by atoms with Crippen LogP contribution in [0, 0.1) is 6.92 Å². The molecule has 0 bridgehead atoms. The molecule has 0 saturated carbocycles. The summed E-state index contributed by atoms with van der Waals surface area (Å²) in [5.74, 6) is 1.18. The van der Waals surface area contributed by atoms with E-state index in [1.165, 1.54) is 0 Å². The van der Waals surface area contributed by atoms with E-state index in [9.17, 15) is 0 Å². The molecule has 2 rings (SSSR count). The first-order valence-corrected chi connectivity index (χ1v) is 6.29. The van der Waals surface area contributed by atoms with Crippen LogP contribution in [0.2, 0.25) is 0 Å². The fourth-order valence-corrected chi connectivity index (χ4v) is 1.85. The smallest absolute Gasteiger partial charge is 0.248 e. The molecule has 0 saturated heterocycles. The quantitative estimate of drug-likeness (QED) is 0.942. The van der Waals surface area contributed by atoms with Gasteiger partial charge in [-0.1, -0.05) is 28.9 Å². The zero-order valence-electron chi connectivity index (χ0n) is 9.83. The third-order valence-corrected chi connectivity index (χ3v) is 2.92. The molecule has 90 valence electrons. The lowest BCUT2D eigenvalue weighted by molar-refractivity contribution is 0.482. The predicted octanol–water partition coefficient (Wildman–Crippen LogP) is 2.92. The summed E-state index contributed by atoms with van der Waals surface area (Å²) in [4.78, 5) is 0. The van der Waals surface area contributed by atoms with Gasteiger partial charge < -0.3 is 9.73 Å². The zero-order valence-corrected chi connectivity index (χ0v) is 11.4. The summed E-state index contributed by atoms with van der Waals surface area (Å²) in [6.45, 7) is 5.55. The van der Waals surface area contributed by atoms with Crippen molar-refractivity contribution in [3.63, 3.8) is 0 Å². The Balaban J connectivity index is 2.27. The van der Waals surface area contributed by atoms with Crippen LogP contribution in [0.5, 0.6) is 0 Å². The fraction of sp³-hybridized carbons (Fsp3) is 0.333. The second-order valence-electron chi connectivity index (χ2n) is 3.74. The molecule has 0 aliphatic rings. The molecule has 0 amide bonds. The lowest BCUT2D eigenvalue weighted by Gasteiger charge is -2.01. The van der Waals surface area contributed by atoms with Gasteiger partial charge in [0.25, 0.3) is 0 Å². The van der Waals surface area contributed by atoms with Crippen molar-refractivity contribution < 1.29 is 4.42 Å². The minimum atomic E-state index is 0.566. The van der Waals surface area contributed by atoms with E-state index in [2.05, 4.69) is 31.4 Å². The van der Waals surface area contributed by atoms with E-state index >= 15 is 0 Å². The Morgan fingerprint density at radius 2 is 2.18 bits per heavy atom. The number of halogens is 1. The summed E-state index contributed by atoms with van der Waals surface area (Å²) in [6, 6.07) is 6.00. The van der Waals surface area contributed by atoms with Gasteiger partial charge in [0, 0.05) is 10.0 Å². The highest BCUT2D eigenvalue weighted by Crippen LogP contribution is 2.25. The van der Waals surface area contributed by atoms with Crippen LogP contribution in [-0.2, 0) is 6.54 Å². The van der Waals surface area contributed by atoms with Crippen LogP contribution in [0.15, 0.2) is 27.1 Å². The Hall–Kier alpha value is -1.20. The van der Waals surface area contributed by atoms with E-state index in [0.29, 0.717) is 18.3 Å². The Morgan fingerprint density at radius 3 is 2.94 bits per heavy atom. The predicted molar refractivity (Wildman–Crippen MR) is 69.6 cm³/mol. The Bertz CT molecular complexity index is 510. The monoisotopic (exact) mass is 295 g/mol. The summed E-state index contributed by atoms with van der Waals surface area (Å²) >= 11 is 3.44. The number of nitrogens with one attached hydrogen (secondary N) is 1. The topological polar surface area (TPSA) is 51.0 Å². The minimum Gasteiger partial charge on any atom is -0.419 e. The molecule has 0 spiro atoms. The molecule has 0 fully saturated rings. The van der Waals surface area contributed by atoms with E-state index in [4.69, 9.17) is 4.42 Å². The lowest BCUT2D eigenvalue weighted by atomic mass is 10.1. The van der Waals surface area contributed by atoms with Crippen molar-refractivity contribution in [2.45, 2.75) is 20.4 Å². The van der Waals surface area contributed by atoms with Gasteiger partial charge in [-0.15, -0.1) is 10.2 Å². The van der Waals surface area contributed by atoms with Gasteiger partial charge in [-0.05, 0) is 31.2 Å². The van der Waals surface area contributed by atoms with E-state index < -0.39 is 0 Å². The van der Waals surface area contributed by atoms with Crippen LogP contribution in [0.3, 0.4) is 0 Å². The Kier molecular flexibility index (Phi) is 3.91.